The van der Waals surface area contributed by atoms with Crippen molar-refractivity contribution in [2.75, 3.05) is 19.0 Å². The number of methoxy groups -OCH3 is 1. The second-order valence-corrected chi connectivity index (χ2v) is 7.38. The molecule has 8 heteroatoms. The number of hydrogen-bond acceptors (Lipinski definition) is 5. The van der Waals surface area contributed by atoms with Crippen molar-refractivity contribution in [2.45, 2.75) is 18.4 Å². The van der Waals surface area contributed by atoms with Gasteiger partial charge in [0.15, 0.2) is 11.5 Å². The Morgan fingerprint density at radius 3 is 2.42 bits per heavy atom. The molecule has 2 aromatic carbocycles. The second kappa shape index (κ2) is 7.87. The first-order valence-electron chi connectivity index (χ1n) is 7.21. The third-order valence-corrected chi connectivity index (χ3v) is 4.77. The Kier molecular flexibility index (Phi) is 6.09. The molecule has 6 nitrogen and oxygen atoms in total. The lowest BCUT2D eigenvalue weighted by Crippen LogP contribution is -2.12. The van der Waals surface area contributed by atoms with Crippen molar-refractivity contribution in [3.63, 3.8) is 0 Å². The Bertz CT molecular complexity index is 808. The van der Waals surface area contributed by atoms with Crippen LogP contribution in [0.3, 0.4) is 0 Å². The summed E-state index contributed by atoms with van der Waals surface area (Å²) < 4.78 is 34.2. The molecule has 3 N–H and O–H groups in total. The highest BCUT2D eigenvalue weighted by Gasteiger charge is 2.11. The fraction of sp³-hybridized carbons (Fsp3) is 0.250. The minimum atomic E-state index is -3.68. The van der Waals surface area contributed by atoms with E-state index in [2.05, 4.69) is 21.2 Å². The first kappa shape index (κ1) is 18.6. The van der Waals surface area contributed by atoms with Crippen molar-refractivity contribution in [3.05, 3.63) is 46.4 Å². The van der Waals surface area contributed by atoms with Crippen LogP contribution in [0, 0.1) is 0 Å². The van der Waals surface area contributed by atoms with Crippen LogP contribution in [-0.2, 0) is 16.6 Å². The summed E-state index contributed by atoms with van der Waals surface area (Å²) in [6.45, 7) is 2.98. The first-order chi connectivity index (χ1) is 11.3. The van der Waals surface area contributed by atoms with Gasteiger partial charge in [-0.15, -0.1) is 0 Å². The molecular weight excluding hydrogens is 396 g/mol. The topological polar surface area (TPSA) is 90.6 Å². The summed E-state index contributed by atoms with van der Waals surface area (Å²) in [5.41, 5.74) is 1.77. The minimum absolute atomic E-state index is 0.0823. The number of hydrogen-bond donors (Lipinski definition) is 2. The van der Waals surface area contributed by atoms with E-state index in [1.165, 1.54) is 12.1 Å². The lowest BCUT2D eigenvalue weighted by Gasteiger charge is -2.14. The Labute approximate surface area is 150 Å². The number of sulfonamides is 1. The van der Waals surface area contributed by atoms with Crippen molar-refractivity contribution in [2.24, 2.45) is 5.14 Å². The number of primary sulfonamides is 1. The summed E-state index contributed by atoms with van der Waals surface area (Å²) >= 11 is 3.47. The molecule has 2 rings (SSSR count). The second-order valence-electron chi connectivity index (χ2n) is 4.96. The van der Waals surface area contributed by atoms with Gasteiger partial charge < -0.3 is 14.8 Å². The third-order valence-electron chi connectivity index (χ3n) is 3.25. The quantitative estimate of drug-likeness (QED) is 0.725. The Balaban J connectivity index is 2.14. The molecule has 0 amide bonds. The van der Waals surface area contributed by atoms with Gasteiger partial charge in [0.1, 0.15) is 0 Å². The monoisotopic (exact) mass is 414 g/mol. The van der Waals surface area contributed by atoms with Crippen LogP contribution < -0.4 is 19.9 Å². The van der Waals surface area contributed by atoms with Crippen LogP contribution in [0.15, 0.2) is 45.8 Å². The summed E-state index contributed by atoms with van der Waals surface area (Å²) in [7, 11) is -2.09. The molecule has 0 aliphatic rings. The zero-order valence-corrected chi connectivity index (χ0v) is 15.8. The smallest absolute Gasteiger partial charge is 0.238 e. The number of nitrogens with one attached hydrogen (secondary N) is 1. The lowest BCUT2D eigenvalue weighted by atomic mass is 10.2. The number of ether oxygens (including phenoxy) is 2. The van der Waals surface area contributed by atoms with Gasteiger partial charge in [-0.1, -0.05) is 0 Å². The normalized spacial score (nSPS) is 11.2. The van der Waals surface area contributed by atoms with E-state index < -0.39 is 10.0 Å². The molecular formula is C16H19BrN2O4S. The summed E-state index contributed by atoms with van der Waals surface area (Å²) in [4.78, 5) is 0.0823. The SMILES string of the molecule is CCOc1cc(CNc2ccc(S(N)(=O)=O)cc2)cc(Br)c1OC. The maximum absolute atomic E-state index is 11.2. The molecule has 0 atom stereocenters. The number of anilines is 1. The van der Waals surface area contributed by atoms with Crippen LogP contribution in [0.1, 0.15) is 12.5 Å². The van der Waals surface area contributed by atoms with E-state index >= 15 is 0 Å². The Hall–Kier alpha value is -1.77. The van der Waals surface area contributed by atoms with Crippen LogP contribution in [0.25, 0.3) is 0 Å². The molecule has 2 aromatic rings. The molecule has 0 saturated carbocycles. The standard InChI is InChI=1S/C16H19BrN2O4S/c1-3-23-15-9-11(8-14(17)16(15)22-2)10-19-12-4-6-13(7-5-12)24(18,20)21/h4-9,19H,3,10H2,1-2H3,(H2,18,20,21). The zero-order valence-electron chi connectivity index (χ0n) is 13.4. The van der Waals surface area contributed by atoms with Crippen LogP contribution in [0.2, 0.25) is 0 Å². The first-order valence-corrected chi connectivity index (χ1v) is 9.55. The molecule has 0 spiro atoms. The third kappa shape index (κ3) is 4.62. The van der Waals surface area contributed by atoms with Gasteiger partial charge in [0.05, 0.1) is 23.1 Å². The number of rotatable bonds is 7. The highest BCUT2D eigenvalue weighted by Crippen LogP contribution is 2.36. The van der Waals surface area contributed by atoms with Crippen molar-refractivity contribution in [3.8, 4) is 11.5 Å². The van der Waals surface area contributed by atoms with Crippen molar-refractivity contribution >= 4 is 31.6 Å². The average Bonchev–Trinajstić information content (AvgIpc) is 2.53. The highest BCUT2D eigenvalue weighted by molar-refractivity contribution is 9.10. The molecule has 130 valence electrons. The molecule has 0 radical (unpaired) electrons. The molecule has 0 heterocycles. The molecule has 0 aliphatic heterocycles. The number of nitrogens with two attached hydrogens (primary N) is 1. The van der Waals surface area contributed by atoms with E-state index in [9.17, 15) is 8.42 Å². The minimum Gasteiger partial charge on any atom is -0.492 e. The maximum atomic E-state index is 11.2. The van der Waals surface area contributed by atoms with Crippen LogP contribution in [-0.4, -0.2) is 22.1 Å². The van der Waals surface area contributed by atoms with E-state index in [0.717, 1.165) is 15.7 Å². The number of benzene rings is 2. The summed E-state index contributed by atoms with van der Waals surface area (Å²) in [6, 6.07) is 10.1. The van der Waals surface area contributed by atoms with Crippen molar-refractivity contribution in [1.82, 2.24) is 0 Å². The number of halogens is 1. The van der Waals surface area contributed by atoms with E-state index in [1.807, 2.05) is 19.1 Å². The Morgan fingerprint density at radius 1 is 1.21 bits per heavy atom. The zero-order chi connectivity index (χ0) is 17.7. The maximum Gasteiger partial charge on any atom is 0.238 e. The van der Waals surface area contributed by atoms with Gasteiger partial charge >= 0.3 is 0 Å². The summed E-state index contributed by atoms with van der Waals surface area (Å²) in [5, 5.41) is 8.30. The van der Waals surface area contributed by atoms with Crippen LogP contribution in [0.4, 0.5) is 5.69 Å². The van der Waals surface area contributed by atoms with Gasteiger partial charge in [0, 0.05) is 12.2 Å². The van der Waals surface area contributed by atoms with Crippen LogP contribution >= 0.6 is 15.9 Å². The lowest BCUT2D eigenvalue weighted by molar-refractivity contribution is 0.309. The predicted octanol–water partition coefficient (Wildman–Crippen LogP) is 3.12. The van der Waals surface area contributed by atoms with Gasteiger partial charge in [0.2, 0.25) is 10.0 Å². The van der Waals surface area contributed by atoms with Crippen LogP contribution in [0.5, 0.6) is 11.5 Å². The van der Waals surface area contributed by atoms with Gasteiger partial charge in [-0.3, -0.25) is 0 Å². The predicted molar refractivity (Wildman–Crippen MR) is 97.0 cm³/mol. The van der Waals surface area contributed by atoms with Crippen molar-refractivity contribution in [1.29, 1.82) is 0 Å². The highest BCUT2D eigenvalue weighted by atomic mass is 79.9. The fourth-order valence-corrected chi connectivity index (χ4v) is 3.32. The molecule has 0 fully saturated rings. The van der Waals surface area contributed by atoms with E-state index in [-0.39, 0.29) is 4.90 Å². The van der Waals surface area contributed by atoms with Gasteiger partial charge in [-0.05, 0) is 64.8 Å². The Morgan fingerprint density at radius 2 is 1.88 bits per heavy atom. The van der Waals surface area contributed by atoms with Crippen molar-refractivity contribution < 1.29 is 17.9 Å². The van der Waals surface area contributed by atoms with Gasteiger partial charge in [0.25, 0.3) is 0 Å². The van der Waals surface area contributed by atoms with Gasteiger partial charge in [-0.25, -0.2) is 13.6 Å². The molecule has 0 aliphatic carbocycles. The fourth-order valence-electron chi connectivity index (χ4n) is 2.15. The molecule has 0 saturated heterocycles. The largest absolute Gasteiger partial charge is 0.492 e. The van der Waals surface area contributed by atoms with Gasteiger partial charge in [-0.2, -0.15) is 0 Å². The van der Waals surface area contributed by atoms with E-state index in [0.29, 0.717) is 24.7 Å². The van der Waals surface area contributed by atoms with E-state index in [4.69, 9.17) is 14.6 Å². The molecule has 24 heavy (non-hydrogen) atoms. The van der Waals surface area contributed by atoms with E-state index in [1.54, 1.807) is 19.2 Å². The molecule has 0 aromatic heterocycles. The average molecular weight is 415 g/mol. The molecule has 0 bridgehead atoms. The summed E-state index contributed by atoms with van der Waals surface area (Å²) in [6.07, 6.45) is 0. The summed E-state index contributed by atoms with van der Waals surface area (Å²) in [5.74, 6) is 1.31. The molecule has 0 unspecified atom stereocenters.